The van der Waals surface area contributed by atoms with Gasteiger partial charge in [0.15, 0.2) is 0 Å². The van der Waals surface area contributed by atoms with Gasteiger partial charge in [0.05, 0.1) is 18.1 Å². The van der Waals surface area contributed by atoms with Crippen molar-refractivity contribution in [3.63, 3.8) is 0 Å². The Balaban J connectivity index is 2.00. The van der Waals surface area contributed by atoms with Gasteiger partial charge in [-0.15, -0.1) is 0 Å². The molecule has 0 spiro atoms. The summed E-state index contributed by atoms with van der Waals surface area (Å²) >= 11 is 0. The van der Waals surface area contributed by atoms with Gasteiger partial charge in [-0.3, -0.25) is 4.79 Å². The Hall–Kier alpha value is -1.30. The summed E-state index contributed by atoms with van der Waals surface area (Å²) in [4.78, 5) is 27.1. The normalized spacial score (nSPS) is 31.3. The largest absolute Gasteiger partial charge is 0.481 e. The van der Waals surface area contributed by atoms with Gasteiger partial charge in [-0.1, -0.05) is 0 Å². The molecule has 2 rings (SSSR count). The molecule has 6 nitrogen and oxygen atoms in total. The maximum Gasteiger partial charge on any atom is 0.320 e. The molecule has 2 aliphatic rings. The van der Waals surface area contributed by atoms with Crippen molar-refractivity contribution >= 4 is 12.0 Å². The first-order valence-corrected chi connectivity index (χ1v) is 6.77. The van der Waals surface area contributed by atoms with E-state index < -0.39 is 11.4 Å². The number of carboxylic acid groups (broad SMARTS) is 1. The highest BCUT2D eigenvalue weighted by atomic mass is 16.5. The van der Waals surface area contributed by atoms with Crippen LogP contribution in [0.25, 0.3) is 0 Å². The van der Waals surface area contributed by atoms with Crippen LogP contribution in [0.15, 0.2) is 0 Å². The zero-order valence-electron chi connectivity index (χ0n) is 11.6. The second-order valence-electron chi connectivity index (χ2n) is 5.80. The molecule has 2 unspecified atom stereocenters. The monoisotopic (exact) mass is 270 g/mol. The van der Waals surface area contributed by atoms with Gasteiger partial charge in [-0.2, -0.15) is 0 Å². The second kappa shape index (κ2) is 5.36. The molecule has 2 saturated heterocycles. The van der Waals surface area contributed by atoms with Gasteiger partial charge < -0.3 is 19.6 Å². The van der Waals surface area contributed by atoms with Crippen LogP contribution in [0.2, 0.25) is 0 Å². The van der Waals surface area contributed by atoms with E-state index in [2.05, 4.69) is 0 Å². The molecule has 0 aromatic heterocycles. The number of likely N-dealkylation sites (N-methyl/N-ethyl adjacent to an activating group) is 1. The Morgan fingerprint density at radius 2 is 2.21 bits per heavy atom. The van der Waals surface area contributed by atoms with Crippen LogP contribution in [-0.4, -0.2) is 66.3 Å². The fourth-order valence-corrected chi connectivity index (χ4v) is 2.78. The standard InChI is InChI=1S/C13H22N2O4/c1-13(11(16)17)5-3-6-15(9-13)12(18)14(2)10-4-7-19-8-10/h10H,3-9H2,1-2H3,(H,16,17). The minimum absolute atomic E-state index is 0.0809. The molecule has 0 radical (unpaired) electrons. The van der Waals surface area contributed by atoms with E-state index in [1.54, 1.807) is 23.8 Å². The van der Waals surface area contributed by atoms with Crippen molar-refractivity contribution in [1.82, 2.24) is 9.80 Å². The van der Waals surface area contributed by atoms with Gasteiger partial charge in [0.1, 0.15) is 0 Å². The van der Waals surface area contributed by atoms with E-state index in [1.807, 2.05) is 0 Å². The number of carbonyl (C=O) groups excluding carboxylic acids is 1. The lowest BCUT2D eigenvalue weighted by Crippen LogP contribution is -2.53. The summed E-state index contributed by atoms with van der Waals surface area (Å²) in [5.74, 6) is -0.822. The molecule has 1 N–H and O–H groups in total. The average molecular weight is 270 g/mol. The molecular weight excluding hydrogens is 248 g/mol. The number of rotatable bonds is 2. The lowest BCUT2D eigenvalue weighted by molar-refractivity contribution is -0.150. The van der Waals surface area contributed by atoms with Crippen molar-refractivity contribution in [2.24, 2.45) is 5.41 Å². The predicted octanol–water partition coefficient (Wildman–Crippen LogP) is 1.01. The fraction of sp³-hybridized carbons (Fsp3) is 0.846. The van der Waals surface area contributed by atoms with Gasteiger partial charge in [-0.05, 0) is 26.2 Å². The molecule has 2 aliphatic heterocycles. The molecule has 0 aliphatic carbocycles. The SMILES string of the molecule is CN(C(=O)N1CCCC(C)(C(=O)O)C1)C1CCOC1. The number of likely N-dealkylation sites (tertiary alicyclic amines) is 1. The third kappa shape index (κ3) is 2.83. The van der Waals surface area contributed by atoms with Crippen molar-refractivity contribution in [1.29, 1.82) is 0 Å². The zero-order valence-corrected chi connectivity index (χ0v) is 11.6. The summed E-state index contributed by atoms with van der Waals surface area (Å²) in [5, 5.41) is 9.28. The van der Waals surface area contributed by atoms with Crippen molar-refractivity contribution in [2.45, 2.75) is 32.2 Å². The smallest absolute Gasteiger partial charge is 0.320 e. The summed E-state index contributed by atoms with van der Waals surface area (Å²) in [5.41, 5.74) is -0.819. The van der Waals surface area contributed by atoms with E-state index >= 15 is 0 Å². The van der Waals surface area contributed by atoms with E-state index in [9.17, 15) is 14.7 Å². The van der Waals surface area contributed by atoms with Gasteiger partial charge in [0.2, 0.25) is 0 Å². The number of nitrogens with zero attached hydrogens (tertiary/aromatic N) is 2. The number of ether oxygens (including phenoxy) is 1. The molecule has 2 amide bonds. The highest BCUT2D eigenvalue weighted by Gasteiger charge is 2.40. The third-order valence-electron chi connectivity index (χ3n) is 4.24. The van der Waals surface area contributed by atoms with Crippen LogP contribution in [0, 0.1) is 5.41 Å². The van der Waals surface area contributed by atoms with Gasteiger partial charge in [0, 0.05) is 26.7 Å². The highest BCUT2D eigenvalue weighted by Crippen LogP contribution is 2.30. The average Bonchev–Trinajstić information content (AvgIpc) is 2.90. The van der Waals surface area contributed by atoms with Crippen LogP contribution < -0.4 is 0 Å². The first kappa shape index (κ1) is 14.1. The molecule has 6 heteroatoms. The van der Waals surface area contributed by atoms with Crippen LogP contribution in [0.4, 0.5) is 4.79 Å². The summed E-state index contributed by atoms with van der Waals surface area (Å²) in [6.45, 7) is 3.91. The molecular formula is C13H22N2O4. The molecule has 2 heterocycles. The van der Waals surface area contributed by atoms with Crippen LogP contribution >= 0.6 is 0 Å². The molecule has 0 aromatic rings. The Kier molecular flexibility index (Phi) is 3.99. The van der Waals surface area contributed by atoms with Crippen LogP contribution in [-0.2, 0) is 9.53 Å². The highest BCUT2D eigenvalue weighted by molar-refractivity contribution is 5.78. The summed E-state index contributed by atoms with van der Waals surface area (Å²) < 4.78 is 5.29. The number of carbonyl (C=O) groups is 2. The maximum absolute atomic E-state index is 12.4. The number of hydrogen-bond acceptors (Lipinski definition) is 3. The van der Waals surface area contributed by atoms with Crippen molar-refractivity contribution in [3.8, 4) is 0 Å². The van der Waals surface area contributed by atoms with E-state index in [4.69, 9.17) is 4.74 Å². The van der Waals surface area contributed by atoms with Crippen LogP contribution in [0.1, 0.15) is 26.2 Å². The predicted molar refractivity (Wildman–Crippen MR) is 68.9 cm³/mol. The van der Waals surface area contributed by atoms with Crippen LogP contribution in [0.3, 0.4) is 0 Å². The molecule has 0 bridgehead atoms. The Bertz CT molecular complexity index is 368. The number of hydrogen-bond donors (Lipinski definition) is 1. The molecule has 0 aromatic carbocycles. The molecule has 2 fully saturated rings. The number of amides is 2. The minimum Gasteiger partial charge on any atom is -0.481 e. The second-order valence-corrected chi connectivity index (χ2v) is 5.80. The van der Waals surface area contributed by atoms with Crippen molar-refractivity contribution in [2.75, 3.05) is 33.4 Å². The summed E-state index contributed by atoms with van der Waals surface area (Å²) in [7, 11) is 1.77. The number of aliphatic carboxylic acids is 1. The van der Waals surface area contributed by atoms with Gasteiger partial charge in [0.25, 0.3) is 0 Å². The number of piperidine rings is 1. The first-order chi connectivity index (χ1) is 8.94. The number of carboxylic acids is 1. The van der Waals surface area contributed by atoms with Crippen molar-refractivity contribution in [3.05, 3.63) is 0 Å². The fourth-order valence-electron chi connectivity index (χ4n) is 2.78. The lowest BCUT2D eigenvalue weighted by Gasteiger charge is -2.40. The Labute approximate surface area is 113 Å². The Morgan fingerprint density at radius 1 is 1.47 bits per heavy atom. The van der Waals surface area contributed by atoms with E-state index in [1.165, 1.54) is 0 Å². The van der Waals surface area contributed by atoms with Gasteiger partial charge in [-0.25, -0.2) is 4.79 Å². The van der Waals surface area contributed by atoms with Gasteiger partial charge >= 0.3 is 12.0 Å². The van der Waals surface area contributed by atoms with E-state index in [0.717, 1.165) is 12.8 Å². The maximum atomic E-state index is 12.4. The minimum atomic E-state index is -0.822. The molecule has 2 atom stereocenters. The molecule has 0 saturated carbocycles. The lowest BCUT2D eigenvalue weighted by atomic mass is 9.82. The zero-order chi connectivity index (χ0) is 14.0. The summed E-state index contributed by atoms with van der Waals surface area (Å²) in [6, 6.07) is 0.0354. The molecule has 108 valence electrons. The Morgan fingerprint density at radius 3 is 2.79 bits per heavy atom. The topological polar surface area (TPSA) is 70.1 Å². The number of urea groups is 1. The first-order valence-electron chi connectivity index (χ1n) is 6.77. The quantitative estimate of drug-likeness (QED) is 0.813. The van der Waals surface area contributed by atoms with Crippen molar-refractivity contribution < 1.29 is 19.4 Å². The van der Waals surface area contributed by atoms with E-state index in [-0.39, 0.29) is 12.1 Å². The third-order valence-corrected chi connectivity index (χ3v) is 4.24. The van der Waals surface area contributed by atoms with Crippen LogP contribution in [0.5, 0.6) is 0 Å². The van der Waals surface area contributed by atoms with E-state index in [0.29, 0.717) is 32.7 Å². The molecule has 19 heavy (non-hydrogen) atoms. The summed E-state index contributed by atoms with van der Waals surface area (Å²) in [6.07, 6.45) is 2.22.